The van der Waals surface area contributed by atoms with Crippen molar-refractivity contribution in [2.45, 2.75) is 24.8 Å². The van der Waals surface area contributed by atoms with Gasteiger partial charge in [0, 0.05) is 10.6 Å². The summed E-state index contributed by atoms with van der Waals surface area (Å²) in [4.78, 5) is 11.8. The second kappa shape index (κ2) is 6.67. The zero-order valence-corrected chi connectivity index (χ0v) is 13.9. The number of nitrogens with one attached hydrogen (secondary N) is 2. The van der Waals surface area contributed by atoms with Crippen LogP contribution < -0.4 is 10.0 Å². The number of hydrogen-bond acceptors (Lipinski definition) is 3. The van der Waals surface area contributed by atoms with Gasteiger partial charge in [0.15, 0.2) is 0 Å². The van der Waals surface area contributed by atoms with Crippen molar-refractivity contribution in [3.8, 4) is 0 Å². The highest BCUT2D eigenvalue weighted by molar-refractivity contribution is 14.1. The average molecular weight is 396 g/mol. The van der Waals surface area contributed by atoms with Crippen molar-refractivity contribution in [3.63, 3.8) is 0 Å². The van der Waals surface area contributed by atoms with Crippen molar-refractivity contribution in [3.05, 3.63) is 27.8 Å². The highest BCUT2D eigenvalue weighted by Crippen LogP contribution is 2.14. The molecule has 106 valence electrons. The van der Waals surface area contributed by atoms with Crippen molar-refractivity contribution in [2.24, 2.45) is 5.92 Å². The molecule has 0 bridgehead atoms. The summed E-state index contributed by atoms with van der Waals surface area (Å²) in [7, 11) is -2.21. The van der Waals surface area contributed by atoms with Crippen LogP contribution >= 0.6 is 22.6 Å². The molecule has 7 heteroatoms. The molecule has 0 aliphatic rings. The average Bonchev–Trinajstić information content (AvgIpc) is 2.35. The van der Waals surface area contributed by atoms with Crippen LogP contribution in [0.2, 0.25) is 0 Å². The Kier molecular flexibility index (Phi) is 5.75. The molecule has 1 atom stereocenters. The predicted octanol–water partition coefficient (Wildman–Crippen LogP) is 1.34. The van der Waals surface area contributed by atoms with E-state index in [-0.39, 0.29) is 16.7 Å². The lowest BCUT2D eigenvalue weighted by Gasteiger charge is -2.20. The highest BCUT2D eigenvalue weighted by atomic mass is 127. The zero-order chi connectivity index (χ0) is 14.6. The number of carbonyl (C=O) groups excluding carboxylic acids is 1. The third-order valence-corrected chi connectivity index (χ3v) is 4.78. The summed E-state index contributed by atoms with van der Waals surface area (Å²) < 4.78 is 27.8. The van der Waals surface area contributed by atoms with Gasteiger partial charge in [-0.3, -0.25) is 4.79 Å². The van der Waals surface area contributed by atoms with Crippen LogP contribution in [0.3, 0.4) is 0 Å². The lowest BCUT2D eigenvalue weighted by Crippen LogP contribution is -2.48. The van der Waals surface area contributed by atoms with Crippen LogP contribution in [0.4, 0.5) is 0 Å². The number of halogens is 1. The van der Waals surface area contributed by atoms with Gasteiger partial charge < -0.3 is 5.32 Å². The number of sulfonamides is 1. The minimum atomic E-state index is -3.69. The lowest BCUT2D eigenvalue weighted by molar-refractivity contribution is -0.123. The summed E-state index contributed by atoms with van der Waals surface area (Å²) in [5.74, 6) is -0.484. The fourth-order valence-electron chi connectivity index (χ4n) is 1.50. The Bertz CT molecular complexity index is 541. The quantitative estimate of drug-likeness (QED) is 0.738. The van der Waals surface area contributed by atoms with E-state index < -0.39 is 16.1 Å². The van der Waals surface area contributed by atoms with E-state index in [1.165, 1.54) is 19.2 Å². The normalized spacial score (nSPS) is 13.3. The van der Waals surface area contributed by atoms with Crippen molar-refractivity contribution >= 4 is 38.5 Å². The maximum Gasteiger partial charge on any atom is 0.241 e. The molecule has 0 radical (unpaired) electrons. The van der Waals surface area contributed by atoms with E-state index in [0.717, 1.165) is 3.57 Å². The van der Waals surface area contributed by atoms with Crippen LogP contribution in [0.1, 0.15) is 13.8 Å². The minimum absolute atomic E-state index is 0.140. The molecule has 1 aromatic rings. The van der Waals surface area contributed by atoms with Gasteiger partial charge in [-0.2, -0.15) is 4.72 Å². The molecular weight excluding hydrogens is 379 g/mol. The van der Waals surface area contributed by atoms with E-state index in [4.69, 9.17) is 0 Å². The molecule has 0 aliphatic heterocycles. The Labute approximate surface area is 127 Å². The van der Waals surface area contributed by atoms with Crippen molar-refractivity contribution in [1.29, 1.82) is 0 Å². The summed E-state index contributed by atoms with van der Waals surface area (Å²) in [6, 6.07) is 5.67. The minimum Gasteiger partial charge on any atom is -0.358 e. The topological polar surface area (TPSA) is 75.3 Å². The second-order valence-corrected chi connectivity index (χ2v) is 7.37. The summed E-state index contributed by atoms with van der Waals surface area (Å²) in [6.45, 7) is 3.58. The SMILES string of the molecule is CNC(=O)[C@@H](NS(=O)(=O)c1ccc(I)cc1)C(C)C. The summed E-state index contributed by atoms with van der Waals surface area (Å²) in [6.07, 6.45) is 0. The Morgan fingerprint density at radius 1 is 1.21 bits per heavy atom. The smallest absolute Gasteiger partial charge is 0.241 e. The number of carbonyl (C=O) groups is 1. The van der Waals surface area contributed by atoms with Crippen LogP contribution in [0, 0.1) is 9.49 Å². The van der Waals surface area contributed by atoms with Gasteiger partial charge >= 0.3 is 0 Å². The number of likely N-dealkylation sites (N-methyl/N-ethyl adjacent to an activating group) is 1. The van der Waals surface area contributed by atoms with Crippen molar-refractivity contribution < 1.29 is 13.2 Å². The van der Waals surface area contributed by atoms with Crippen LogP contribution in [0.15, 0.2) is 29.2 Å². The third kappa shape index (κ3) is 4.43. The number of rotatable bonds is 5. The number of hydrogen-bond donors (Lipinski definition) is 2. The van der Waals surface area contributed by atoms with E-state index >= 15 is 0 Å². The molecule has 1 amide bonds. The van der Waals surface area contributed by atoms with Gasteiger partial charge in [0.25, 0.3) is 0 Å². The van der Waals surface area contributed by atoms with E-state index in [1.807, 2.05) is 0 Å². The van der Waals surface area contributed by atoms with Crippen LogP contribution in [0.25, 0.3) is 0 Å². The summed E-state index contributed by atoms with van der Waals surface area (Å²) >= 11 is 2.10. The predicted molar refractivity (Wildman–Crippen MR) is 82.2 cm³/mol. The Morgan fingerprint density at radius 2 is 1.74 bits per heavy atom. The summed E-state index contributed by atoms with van der Waals surface area (Å²) in [5.41, 5.74) is 0. The molecule has 1 aromatic carbocycles. The lowest BCUT2D eigenvalue weighted by atomic mass is 10.1. The molecule has 2 N–H and O–H groups in total. The molecule has 0 saturated carbocycles. The van der Waals surface area contributed by atoms with Gasteiger partial charge in [-0.1, -0.05) is 13.8 Å². The molecule has 1 rings (SSSR count). The van der Waals surface area contributed by atoms with Crippen molar-refractivity contribution in [1.82, 2.24) is 10.0 Å². The van der Waals surface area contributed by atoms with Crippen LogP contribution in [-0.4, -0.2) is 27.4 Å². The number of benzene rings is 1. The Morgan fingerprint density at radius 3 is 2.16 bits per heavy atom. The van der Waals surface area contributed by atoms with Gasteiger partial charge in [-0.25, -0.2) is 8.42 Å². The van der Waals surface area contributed by atoms with Gasteiger partial charge in [-0.05, 0) is 52.8 Å². The molecule has 0 unspecified atom stereocenters. The Balaban J connectivity index is 3.00. The standard InChI is InChI=1S/C12H17IN2O3S/c1-8(2)11(12(16)14-3)15-19(17,18)10-6-4-9(13)5-7-10/h4-8,11,15H,1-3H3,(H,14,16)/t11-/m0/s1. The molecule has 0 aliphatic carbocycles. The first-order valence-corrected chi connectivity index (χ1v) is 8.33. The molecule has 19 heavy (non-hydrogen) atoms. The largest absolute Gasteiger partial charge is 0.358 e. The molecule has 0 fully saturated rings. The molecule has 5 nitrogen and oxygen atoms in total. The van der Waals surface area contributed by atoms with E-state index in [1.54, 1.807) is 26.0 Å². The van der Waals surface area contributed by atoms with E-state index in [9.17, 15) is 13.2 Å². The van der Waals surface area contributed by atoms with Crippen LogP contribution in [0.5, 0.6) is 0 Å². The Hall–Kier alpha value is -0.670. The van der Waals surface area contributed by atoms with E-state index in [0.29, 0.717) is 0 Å². The van der Waals surface area contributed by atoms with Gasteiger partial charge in [-0.15, -0.1) is 0 Å². The highest BCUT2D eigenvalue weighted by Gasteiger charge is 2.27. The molecular formula is C12H17IN2O3S. The molecule has 0 aromatic heterocycles. The molecule has 0 heterocycles. The van der Waals surface area contributed by atoms with Gasteiger partial charge in [0.1, 0.15) is 6.04 Å². The monoisotopic (exact) mass is 396 g/mol. The van der Waals surface area contributed by atoms with E-state index in [2.05, 4.69) is 32.6 Å². The first-order chi connectivity index (χ1) is 8.77. The zero-order valence-electron chi connectivity index (χ0n) is 11.0. The molecule has 0 spiro atoms. The fourth-order valence-corrected chi connectivity index (χ4v) is 3.20. The first kappa shape index (κ1) is 16.4. The molecule has 0 saturated heterocycles. The van der Waals surface area contributed by atoms with Gasteiger partial charge in [0.05, 0.1) is 4.90 Å². The van der Waals surface area contributed by atoms with Crippen LogP contribution in [-0.2, 0) is 14.8 Å². The fraction of sp³-hybridized carbons (Fsp3) is 0.417. The number of amides is 1. The van der Waals surface area contributed by atoms with Gasteiger partial charge in [0.2, 0.25) is 15.9 Å². The maximum atomic E-state index is 12.2. The second-order valence-electron chi connectivity index (χ2n) is 4.41. The maximum absolute atomic E-state index is 12.2. The van der Waals surface area contributed by atoms with Crippen molar-refractivity contribution in [2.75, 3.05) is 7.05 Å². The first-order valence-electron chi connectivity index (χ1n) is 5.77. The third-order valence-electron chi connectivity index (χ3n) is 2.60. The summed E-state index contributed by atoms with van der Waals surface area (Å²) in [5, 5.41) is 2.46.